The Morgan fingerprint density at radius 1 is 1.28 bits per heavy atom. The molecule has 128 valence electrons. The molecule has 1 N–H and O–H groups in total. The topological polar surface area (TPSA) is 69.0 Å². The average molecular weight is 336 g/mol. The Balaban J connectivity index is 1.43. The third-order valence-corrected chi connectivity index (χ3v) is 4.39. The Morgan fingerprint density at radius 2 is 2.20 bits per heavy atom. The third-order valence-electron chi connectivity index (χ3n) is 4.39. The van der Waals surface area contributed by atoms with Crippen molar-refractivity contribution < 1.29 is 9.53 Å². The normalized spacial score (nSPS) is 17.0. The van der Waals surface area contributed by atoms with Gasteiger partial charge >= 0.3 is 0 Å². The molecule has 25 heavy (non-hydrogen) atoms. The smallest absolute Gasteiger partial charge is 0.228 e. The first-order valence-corrected chi connectivity index (χ1v) is 8.55. The molecule has 1 aromatic carbocycles. The van der Waals surface area contributed by atoms with Crippen LogP contribution in [0.2, 0.25) is 0 Å². The number of nitrogens with one attached hydrogen (secondary N) is 1. The average Bonchev–Trinajstić information content (AvgIpc) is 3.27. The first-order valence-electron chi connectivity index (χ1n) is 8.55. The maximum Gasteiger partial charge on any atom is 0.228 e. The van der Waals surface area contributed by atoms with Crippen LogP contribution in [0.15, 0.2) is 48.8 Å². The molecule has 4 rings (SSSR count). The highest BCUT2D eigenvalue weighted by Gasteiger charge is 2.19. The predicted octanol–water partition coefficient (Wildman–Crippen LogP) is 2.99. The summed E-state index contributed by atoms with van der Waals surface area (Å²) in [6.07, 6.45) is 6.08. The number of anilines is 1. The number of pyridine rings is 1. The van der Waals surface area contributed by atoms with Crippen molar-refractivity contribution in [3.05, 3.63) is 54.4 Å². The van der Waals surface area contributed by atoms with Crippen LogP contribution in [0.3, 0.4) is 0 Å². The zero-order valence-corrected chi connectivity index (χ0v) is 13.9. The van der Waals surface area contributed by atoms with E-state index in [1.165, 1.54) is 0 Å². The van der Waals surface area contributed by atoms with E-state index in [1.54, 1.807) is 6.20 Å². The molecule has 1 aliphatic rings. The van der Waals surface area contributed by atoms with Gasteiger partial charge < -0.3 is 10.1 Å². The number of nitrogens with zero attached hydrogens (tertiary/aromatic N) is 3. The number of amides is 1. The van der Waals surface area contributed by atoms with Gasteiger partial charge in [-0.25, -0.2) is 0 Å². The second kappa shape index (κ2) is 7.03. The molecular weight excluding hydrogens is 316 g/mol. The zero-order chi connectivity index (χ0) is 17.1. The molecule has 1 aliphatic heterocycles. The van der Waals surface area contributed by atoms with Crippen LogP contribution in [0, 0.1) is 0 Å². The predicted molar refractivity (Wildman–Crippen MR) is 95.3 cm³/mol. The van der Waals surface area contributed by atoms with Crippen LogP contribution in [0.5, 0.6) is 0 Å². The van der Waals surface area contributed by atoms with Crippen molar-refractivity contribution in [2.75, 3.05) is 11.9 Å². The fourth-order valence-corrected chi connectivity index (χ4v) is 3.19. The molecule has 0 spiro atoms. The molecule has 6 nitrogen and oxygen atoms in total. The van der Waals surface area contributed by atoms with E-state index in [2.05, 4.69) is 15.4 Å². The van der Waals surface area contributed by atoms with Crippen molar-refractivity contribution in [2.45, 2.75) is 31.9 Å². The number of ether oxygens (including phenoxy) is 1. The van der Waals surface area contributed by atoms with Crippen LogP contribution >= 0.6 is 0 Å². The highest BCUT2D eigenvalue weighted by Crippen LogP contribution is 2.18. The van der Waals surface area contributed by atoms with Gasteiger partial charge in [0.25, 0.3) is 0 Å². The van der Waals surface area contributed by atoms with Crippen molar-refractivity contribution in [1.29, 1.82) is 0 Å². The fourth-order valence-electron chi connectivity index (χ4n) is 3.19. The number of benzene rings is 1. The third kappa shape index (κ3) is 3.69. The summed E-state index contributed by atoms with van der Waals surface area (Å²) in [4.78, 5) is 16.5. The Kier molecular flexibility index (Phi) is 4.43. The minimum atomic E-state index is -0.0519. The number of rotatable bonds is 5. The minimum Gasteiger partial charge on any atom is -0.378 e. The van der Waals surface area contributed by atoms with E-state index < -0.39 is 0 Å². The molecule has 0 unspecified atom stereocenters. The highest BCUT2D eigenvalue weighted by atomic mass is 16.5. The molecule has 1 atom stereocenters. The van der Waals surface area contributed by atoms with E-state index in [0.29, 0.717) is 18.8 Å². The summed E-state index contributed by atoms with van der Waals surface area (Å²) in [6.45, 7) is 1.36. The largest absolute Gasteiger partial charge is 0.378 e. The number of carbonyl (C=O) groups is 1. The van der Waals surface area contributed by atoms with Gasteiger partial charge in [0, 0.05) is 30.5 Å². The number of para-hydroxylation sites is 1. The lowest BCUT2D eigenvalue weighted by molar-refractivity contribution is -0.118. The van der Waals surface area contributed by atoms with Crippen LogP contribution < -0.4 is 5.32 Å². The quantitative estimate of drug-likeness (QED) is 0.778. The summed E-state index contributed by atoms with van der Waals surface area (Å²) in [5, 5.41) is 8.40. The first-order chi connectivity index (χ1) is 12.3. The second-order valence-corrected chi connectivity index (χ2v) is 6.28. The van der Waals surface area contributed by atoms with Crippen LogP contribution in [-0.4, -0.2) is 33.4 Å². The molecule has 1 amide bonds. The van der Waals surface area contributed by atoms with Gasteiger partial charge in [-0.15, -0.1) is 0 Å². The van der Waals surface area contributed by atoms with Gasteiger partial charge in [-0.05, 0) is 24.5 Å². The monoisotopic (exact) mass is 336 g/mol. The Hall–Kier alpha value is -2.73. The van der Waals surface area contributed by atoms with Crippen LogP contribution in [0.1, 0.15) is 24.8 Å². The standard InChI is InChI=1S/C19H20N4O2/c24-18(12-16-7-3-11-25-16)21-17-8-10-23(22-17)13-15-5-1-4-14-6-2-9-20-19(14)15/h1-2,4-6,8-10,16H,3,7,11-13H2,(H,21,22,24)/t16-/m1/s1. The molecular formula is C19H20N4O2. The zero-order valence-electron chi connectivity index (χ0n) is 13.9. The molecule has 1 saturated heterocycles. The minimum absolute atomic E-state index is 0.0452. The lowest BCUT2D eigenvalue weighted by atomic mass is 10.1. The highest BCUT2D eigenvalue weighted by molar-refractivity contribution is 5.90. The van der Waals surface area contributed by atoms with E-state index >= 15 is 0 Å². The molecule has 3 aromatic rings. The van der Waals surface area contributed by atoms with E-state index in [1.807, 2.05) is 47.3 Å². The molecule has 6 heteroatoms. The molecule has 2 aromatic heterocycles. The molecule has 0 saturated carbocycles. The summed E-state index contributed by atoms with van der Waals surface area (Å²) in [5.41, 5.74) is 2.07. The number of aromatic nitrogens is 3. The summed E-state index contributed by atoms with van der Waals surface area (Å²) in [7, 11) is 0. The maximum absolute atomic E-state index is 12.1. The molecule has 0 radical (unpaired) electrons. The second-order valence-electron chi connectivity index (χ2n) is 6.28. The van der Waals surface area contributed by atoms with E-state index in [0.717, 1.165) is 35.9 Å². The SMILES string of the molecule is O=C(C[C@H]1CCCO1)Nc1ccn(Cc2cccc3cccnc23)n1. The molecule has 3 heterocycles. The first kappa shape index (κ1) is 15.8. The van der Waals surface area contributed by atoms with Gasteiger partial charge in [0.1, 0.15) is 0 Å². The summed E-state index contributed by atoms with van der Waals surface area (Å²) < 4.78 is 7.30. The van der Waals surface area contributed by atoms with Gasteiger partial charge in [0.05, 0.1) is 24.6 Å². The number of hydrogen-bond acceptors (Lipinski definition) is 4. The van der Waals surface area contributed by atoms with Crippen LogP contribution in [0.4, 0.5) is 5.82 Å². The van der Waals surface area contributed by atoms with Crippen LogP contribution in [-0.2, 0) is 16.1 Å². The Labute approximate surface area is 145 Å². The summed E-state index contributed by atoms with van der Waals surface area (Å²) >= 11 is 0. The Bertz CT molecular complexity index is 879. The number of fused-ring (bicyclic) bond motifs is 1. The van der Waals surface area contributed by atoms with Gasteiger partial charge in [-0.3, -0.25) is 14.5 Å². The molecule has 0 bridgehead atoms. The van der Waals surface area contributed by atoms with Crippen LogP contribution in [0.25, 0.3) is 10.9 Å². The Morgan fingerprint density at radius 3 is 3.08 bits per heavy atom. The lowest BCUT2D eigenvalue weighted by Crippen LogP contribution is -2.19. The van der Waals surface area contributed by atoms with Gasteiger partial charge in [0.15, 0.2) is 5.82 Å². The van der Waals surface area contributed by atoms with Gasteiger partial charge in [0.2, 0.25) is 5.91 Å². The fraction of sp³-hybridized carbons (Fsp3) is 0.316. The van der Waals surface area contributed by atoms with Gasteiger partial charge in [-0.2, -0.15) is 5.10 Å². The van der Waals surface area contributed by atoms with Crippen molar-refractivity contribution in [3.63, 3.8) is 0 Å². The van der Waals surface area contributed by atoms with Crippen molar-refractivity contribution in [1.82, 2.24) is 14.8 Å². The molecule has 0 aliphatic carbocycles. The van der Waals surface area contributed by atoms with E-state index in [9.17, 15) is 4.79 Å². The van der Waals surface area contributed by atoms with Crippen molar-refractivity contribution in [3.8, 4) is 0 Å². The maximum atomic E-state index is 12.1. The summed E-state index contributed by atoms with van der Waals surface area (Å²) in [6, 6.07) is 11.9. The van der Waals surface area contributed by atoms with E-state index in [4.69, 9.17) is 4.74 Å². The van der Waals surface area contributed by atoms with E-state index in [-0.39, 0.29) is 12.0 Å². The summed E-state index contributed by atoms with van der Waals surface area (Å²) in [5.74, 6) is 0.514. The van der Waals surface area contributed by atoms with Crippen molar-refractivity contribution >= 4 is 22.6 Å². The van der Waals surface area contributed by atoms with Gasteiger partial charge in [-0.1, -0.05) is 24.3 Å². The lowest BCUT2D eigenvalue weighted by Gasteiger charge is -2.08. The number of carbonyl (C=O) groups excluding carboxylic acids is 1. The van der Waals surface area contributed by atoms with Crippen molar-refractivity contribution in [2.24, 2.45) is 0 Å². The number of hydrogen-bond donors (Lipinski definition) is 1. The molecule has 1 fully saturated rings.